The lowest BCUT2D eigenvalue weighted by molar-refractivity contribution is 0.178. The molecule has 1 fully saturated rings. The Bertz CT molecular complexity index is 621. The van der Waals surface area contributed by atoms with Crippen molar-refractivity contribution in [3.8, 4) is 5.75 Å². The number of sulfonamides is 1. The van der Waals surface area contributed by atoms with Crippen molar-refractivity contribution < 1.29 is 18.3 Å². The summed E-state index contributed by atoms with van der Waals surface area (Å²) in [5.74, 6) is 0.392. The van der Waals surface area contributed by atoms with Crippen molar-refractivity contribution in [3.05, 3.63) is 16.6 Å². The predicted molar refractivity (Wildman–Crippen MR) is 83.6 cm³/mol. The van der Waals surface area contributed by atoms with Crippen LogP contribution < -0.4 is 15.2 Å². The Labute approximate surface area is 132 Å². The summed E-state index contributed by atoms with van der Waals surface area (Å²) < 4.78 is 33.0. The van der Waals surface area contributed by atoms with Gasteiger partial charge in [0.25, 0.3) is 0 Å². The normalized spacial score (nSPS) is 22.4. The SMILES string of the molecule is COc1cc(Br)c(N)cc1S(=O)(=O)NCC1CCC(O)C1. The second-order valence-electron chi connectivity index (χ2n) is 5.21. The molecule has 0 radical (unpaired) electrons. The van der Waals surface area contributed by atoms with Gasteiger partial charge in [0.1, 0.15) is 10.6 Å². The summed E-state index contributed by atoms with van der Waals surface area (Å²) in [6.45, 7) is 0.304. The number of ether oxygens (including phenoxy) is 1. The Morgan fingerprint density at radius 3 is 2.76 bits per heavy atom. The molecule has 1 aromatic carbocycles. The lowest BCUT2D eigenvalue weighted by Crippen LogP contribution is -2.29. The molecule has 0 aromatic heterocycles. The smallest absolute Gasteiger partial charge is 0.244 e. The van der Waals surface area contributed by atoms with Gasteiger partial charge in [0.2, 0.25) is 10.0 Å². The van der Waals surface area contributed by atoms with Gasteiger partial charge in [-0.2, -0.15) is 0 Å². The third-order valence-electron chi connectivity index (χ3n) is 3.65. The van der Waals surface area contributed by atoms with E-state index in [-0.39, 0.29) is 22.7 Å². The highest BCUT2D eigenvalue weighted by atomic mass is 79.9. The molecule has 4 N–H and O–H groups in total. The maximum Gasteiger partial charge on any atom is 0.244 e. The van der Waals surface area contributed by atoms with E-state index in [0.29, 0.717) is 23.1 Å². The van der Waals surface area contributed by atoms with Crippen LogP contribution in [0.1, 0.15) is 19.3 Å². The molecule has 2 rings (SSSR count). The van der Waals surface area contributed by atoms with Crippen LogP contribution >= 0.6 is 15.9 Å². The van der Waals surface area contributed by atoms with Crippen LogP contribution in [0.25, 0.3) is 0 Å². The van der Waals surface area contributed by atoms with Crippen molar-refractivity contribution in [3.63, 3.8) is 0 Å². The Hall–Kier alpha value is -0.830. The van der Waals surface area contributed by atoms with Crippen molar-refractivity contribution in [1.29, 1.82) is 0 Å². The van der Waals surface area contributed by atoms with Crippen LogP contribution in [0.2, 0.25) is 0 Å². The van der Waals surface area contributed by atoms with E-state index in [1.807, 2.05) is 0 Å². The molecular weight excluding hydrogens is 360 g/mol. The van der Waals surface area contributed by atoms with Crippen LogP contribution in [0.3, 0.4) is 0 Å². The standard InChI is InChI=1S/C13H19BrN2O4S/c1-20-12-5-10(14)11(15)6-13(12)21(18,19)16-7-8-2-3-9(17)4-8/h5-6,8-9,16-17H,2-4,7,15H2,1H3. The maximum atomic E-state index is 12.4. The molecule has 1 aromatic rings. The number of rotatable bonds is 5. The number of aliphatic hydroxyl groups excluding tert-OH is 1. The molecule has 1 saturated carbocycles. The van der Waals surface area contributed by atoms with Gasteiger partial charge in [-0.25, -0.2) is 13.1 Å². The number of nitrogen functional groups attached to an aromatic ring is 1. The van der Waals surface area contributed by atoms with Gasteiger partial charge in [-0.15, -0.1) is 0 Å². The molecule has 0 aliphatic heterocycles. The molecule has 2 unspecified atom stereocenters. The molecule has 21 heavy (non-hydrogen) atoms. The Morgan fingerprint density at radius 1 is 1.48 bits per heavy atom. The van der Waals surface area contributed by atoms with E-state index < -0.39 is 10.0 Å². The number of nitrogens with one attached hydrogen (secondary N) is 1. The van der Waals surface area contributed by atoms with Crippen LogP contribution in [0.5, 0.6) is 5.75 Å². The summed E-state index contributed by atoms with van der Waals surface area (Å²) in [7, 11) is -2.30. The zero-order chi connectivity index (χ0) is 15.6. The van der Waals surface area contributed by atoms with E-state index in [0.717, 1.165) is 12.8 Å². The number of nitrogens with two attached hydrogens (primary N) is 1. The molecule has 1 aliphatic rings. The van der Waals surface area contributed by atoms with Crippen molar-refractivity contribution in [1.82, 2.24) is 4.72 Å². The van der Waals surface area contributed by atoms with E-state index in [4.69, 9.17) is 10.5 Å². The van der Waals surface area contributed by atoms with Gasteiger partial charge < -0.3 is 15.6 Å². The maximum absolute atomic E-state index is 12.4. The summed E-state index contributed by atoms with van der Waals surface area (Å²) in [6, 6.07) is 2.90. The largest absolute Gasteiger partial charge is 0.495 e. The minimum absolute atomic E-state index is 0.0178. The van der Waals surface area contributed by atoms with Crippen LogP contribution in [0.15, 0.2) is 21.5 Å². The molecule has 0 saturated heterocycles. The number of hydrogen-bond acceptors (Lipinski definition) is 5. The minimum atomic E-state index is -3.70. The molecule has 0 amide bonds. The monoisotopic (exact) mass is 378 g/mol. The van der Waals surface area contributed by atoms with Crippen molar-refractivity contribution in [2.45, 2.75) is 30.3 Å². The van der Waals surface area contributed by atoms with Crippen LogP contribution in [0, 0.1) is 5.92 Å². The average molecular weight is 379 g/mol. The third-order valence-corrected chi connectivity index (χ3v) is 5.78. The van der Waals surface area contributed by atoms with Crippen LogP contribution in [-0.2, 0) is 10.0 Å². The first-order chi connectivity index (χ1) is 9.83. The quantitative estimate of drug-likeness (QED) is 0.673. The van der Waals surface area contributed by atoms with Gasteiger partial charge in [0.15, 0.2) is 0 Å². The minimum Gasteiger partial charge on any atom is -0.495 e. The van der Waals surface area contributed by atoms with Crippen LogP contribution in [0.4, 0.5) is 5.69 Å². The number of hydrogen-bond donors (Lipinski definition) is 3. The van der Waals surface area contributed by atoms with E-state index in [1.54, 1.807) is 0 Å². The summed E-state index contributed by atoms with van der Waals surface area (Å²) in [4.78, 5) is 0.0178. The molecule has 1 aliphatic carbocycles. The third kappa shape index (κ3) is 3.88. The molecule has 6 nitrogen and oxygen atoms in total. The fraction of sp³-hybridized carbons (Fsp3) is 0.538. The Balaban J connectivity index is 2.17. The van der Waals surface area contributed by atoms with Gasteiger partial charge >= 0.3 is 0 Å². The van der Waals surface area contributed by atoms with Gasteiger partial charge in [-0.3, -0.25) is 0 Å². The highest BCUT2D eigenvalue weighted by molar-refractivity contribution is 9.10. The second-order valence-corrected chi connectivity index (χ2v) is 7.80. The summed E-state index contributed by atoms with van der Waals surface area (Å²) in [5, 5.41) is 9.48. The van der Waals surface area contributed by atoms with Gasteiger partial charge in [-0.1, -0.05) is 0 Å². The number of halogens is 1. The molecule has 118 valence electrons. The van der Waals surface area contributed by atoms with Crippen molar-refractivity contribution >= 4 is 31.6 Å². The van der Waals surface area contributed by atoms with E-state index in [9.17, 15) is 13.5 Å². The molecule has 8 heteroatoms. The first-order valence-corrected chi connectivity index (χ1v) is 8.92. The van der Waals surface area contributed by atoms with Crippen molar-refractivity contribution in [2.24, 2.45) is 5.92 Å². The van der Waals surface area contributed by atoms with Crippen molar-refractivity contribution in [2.75, 3.05) is 19.4 Å². The summed E-state index contributed by atoms with van der Waals surface area (Å²) >= 11 is 3.24. The second kappa shape index (κ2) is 6.51. The molecular formula is C13H19BrN2O4S. The topological polar surface area (TPSA) is 102 Å². The molecule has 2 atom stereocenters. The van der Waals surface area contributed by atoms with Gasteiger partial charge in [0.05, 0.1) is 13.2 Å². The number of methoxy groups -OCH3 is 1. The molecule has 0 bridgehead atoms. The number of anilines is 1. The fourth-order valence-corrected chi connectivity index (χ4v) is 4.08. The average Bonchev–Trinajstić information content (AvgIpc) is 2.85. The van der Waals surface area contributed by atoms with Gasteiger partial charge in [-0.05, 0) is 53.2 Å². The van der Waals surface area contributed by atoms with E-state index in [2.05, 4.69) is 20.7 Å². The highest BCUT2D eigenvalue weighted by Gasteiger charge is 2.26. The highest BCUT2D eigenvalue weighted by Crippen LogP contribution is 2.32. The lowest BCUT2D eigenvalue weighted by atomic mass is 10.1. The Kier molecular flexibility index (Phi) is 5.13. The Morgan fingerprint density at radius 2 is 2.19 bits per heavy atom. The molecule has 0 spiro atoms. The van der Waals surface area contributed by atoms with Gasteiger partial charge in [0, 0.05) is 16.7 Å². The summed E-state index contributed by atoms with van der Waals surface area (Å²) in [5.41, 5.74) is 6.08. The lowest BCUT2D eigenvalue weighted by Gasteiger charge is -2.14. The molecule has 0 heterocycles. The van der Waals surface area contributed by atoms with Crippen LogP contribution in [-0.4, -0.2) is 33.3 Å². The van der Waals surface area contributed by atoms with E-state index >= 15 is 0 Å². The summed E-state index contributed by atoms with van der Waals surface area (Å²) in [6.07, 6.45) is 1.85. The first kappa shape index (κ1) is 16.5. The fourth-order valence-electron chi connectivity index (χ4n) is 2.46. The first-order valence-electron chi connectivity index (χ1n) is 6.64. The number of aliphatic hydroxyl groups is 1. The number of benzene rings is 1. The van der Waals surface area contributed by atoms with E-state index in [1.165, 1.54) is 19.2 Å². The zero-order valence-corrected chi connectivity index (χ0v) is 14.1. The zero-order valence-electron chi connectivity index (χ0n) is 11.7. The predicted octanol–water partition coefficient (Wildman–Crippen LogP) is 1.48.